The summed E-state index contributed by atoms with van der Waals surface area (Å²) in [7, 11) is 3.17. The van der Waals surface area contributed by atoms with Crippen molar-refractivity contribution < 1.29 is 77.9 Å². The number of benzene rings is 4. The molecule has 0 atom stereocenters. The van der Waals surface area contributed by atoms with Gasteiger partial charge < -0.3 is 48.8 Å². The Bertz CT molecular complexity index is 1390. The van der Waals surface area contributed by atoms with Crippen molar-refractivity contribution in [3.8, 4) is 46.0 Å². The zero-order chi connectivity index (χ0) is 31.9. The topological polar surface area (TPSA) is 176 Å². The van der Waals surface area contributed by atoms with Gasteiger partial charge in [-0.3, -0.25) is 0 Å². The first-order valence-electron chi connectivity index (χ1n) is 13.1. The predicted octanol–water partition coefficient (Wildman–Crippen LogP) is 3.85. The van der Waals surface area contributed by atoms with Gasteiger partial charge in [0.1, 0.15) is 60.9 Å². The third kappa shape index (κ3) is 11.8. The summed E-state index contributed by atoms with van der Waals surface area (Å²) in [6.07, 6.45) is 0. The van der Waals surface area contributed by atoms with Crippen molar-refractivity contribution in [2.75, 3.05) is 40.6 Å². The van der Waals surface area contributed by atoms with Crippen LogP contribution in [-0.2, 0) is 19.5 Å². The first-order chi connectivity index (χ1) is 21.2. The zero-order valence-electron chi connectivity index (χ0n) is 24.6. The van der Waals surface area contributed by atoms with Crippen LogP contribution in [0.25, 0.3) is 0 Å². The molecule has 12 nitrogen and oxygen atoms in total. The molecule has 0 fully saturated rings. The third-order valence-corrected chi connectivity index (χ3v) is 5.72. The van der Waals surface area contributed by atoms with Crippen LogP contribution in [0.2, 0.25) is 0 Å². The Hall–Kier alpha value is -5.16. The van der Waals surface area contributed by atoms with Gasteiger partial charge in [-0.1, -0.05) is 23.6 Å². The van der Waals surface area contributed by atoms with Crippen LogP contribution < -0.4 is 38.6 Å². The first-order valence-corrected chi connectivity index (χ1v) is 13.1. The maximum atomic E-state index is 11.3. The molecule has 45 heavy (non-hydrogen) atoms. The number of rotatable bonds is 14. The van der Waals surface area contributed by atoms with E-state index in [1.54, 1.807) is 62.8 Å². The second-order valence-corrected chi connectivity index (χ2v) is 8.67. The van der Waals surface area contributed by atoms with E-state index in [2.05, 4.69) is 0 Å². The van der Waals surface area contributed by atoms with Crippen LogP contribution in [0.15, 0.2) is 84.9 Å². The molecule has 0 aromatic heterocycles. The van der Waals surface area contributed by atoms with Gasteiger partial charge in [0, 0.05) is 0 Å². The van der Waals surface area contributed by atoms with E-state index in [0.29, 0.717) is 23.0 Å². The van der Waals surface area contributed by atoms with Gasteiger partial charge >= 0.3 is 31.4 Å². The van der Waals surface area contributed by atoms with Gasteiger partial charge in [-0.25, -0.2) is 9.59 Å². The summed E-state index contributed by atoms with van der Waals surface area (Å²) in [6, 6.07) is 21.8. The Morgan fingerprint density at radius 3 is 1.07 bits per heavy atom. The van der Waals surface area contributed by atoms with Gasteiger partial charge in [0.15, 0.2) is 0 Å². The maximum Gasteiger partial charge on any atom is 2.00 e. The molecule has 0 bridgehead atoms. The molecule has 232 valence electrons. The van der Waals surface area contributed by atoms with E-state index in [9.17, 15) is 19.8 Å². The average Bonchev–Trinajstić information content (AvgIpc) is 3.03. The molecule has 0 aliphatic heterocycles. The molecule has 0 radical (unpaired) electrons. The molecule has 0 unspecified atom stereocenters. The Balaban J connectivity index is 0.000000307. The number of aromatic carboxylic acids is 2. The van der Waals surface area contributed by atoms with Crippen LogP contribution in [0, 0.1) is 0 Å². The van der Waals surface area contributed by atoms with E-state index < -0.39 is 23.4 Å². The van der Waals surface area contributed by atoms with Crippen molar-refractivity contribution in [1.29, 1.82) is 0 Å². The van der Waals surface area contributed by atoms with Gasteiger partial charge in [0.05, 0.1) is 25.3 Å². The Morgan fingerprint density at radius 2 is 0.778 bits per heavy atom. The van der Waals surface area contributed by atoms with Crippen molar-refractivity contribution in [1.82, 2.24) is 0 Å². The Kier molecular flexibility index (Phi) is 14.8. The fourth-order valence-corrected chi connectivity index (χ4v) is 3.51. The minimum Gasteiger partial charge on any atom is -0.872 e. The van der Waals surface area contributed by atoms with Gasteiger partial charge in [-0.05, 0) is 72.8 Å². The van der Waals surface area contributed by atoms with E-state index in [1.165, 1.54) is 36.4 Å². The molecule has 4 aromatic rings. The number of carboxylic acids is 2. The molecular weight excluding hydrogens is 642 g/mol. The minimum absolute atomic E-state index is 0. The number of methoxy groups -OCH3 is 2. The van der Waals surface area contributed by atoms with Crippen molar-refractivity contribution in [2.45, 2.75) is 0 Å². The summed E-state index contributed by atoms with van der Waals surface area (Å²) in [5.41, 5.74) is -0.623. The second kappa shape index (κ2) is 18.5. The molecule has 0 saturated carbocycles. The predicted molar refractivity (Wildman–Crippen MR) is 154 cm³/mol. The van der Waals surface area contributed by atoms with Crippen molar-refractivity contribution in [2.24, 2.45) is 0 Å². The fraction of sp³-hybridized carbons (Fsp3) is 0.188. The van der Waals surface area contributed by atoms with Crippen LogP contribution >= 0.6 is 0 Å². The quantitative estimate of drug-likeness (QED) is 0.147. The molecule has 0 spiro atoms. The molecule has 2 N–H and O–H groups in total. The molecule has 0 saturated heterocycles. The molecule has 13 heteroatoms. The van der Waals surface area contributed by atoms with Gasteiger partial charge in [0.2, 0.25) is 0 Å². The third-order valence-electron chi connectivity index (χ3n) is 5.72. The molecule has 4 aromatic carbocycles. The Morgan fingerprint density at radius 1 is 0.511 bits per heavy atom. The van der Waals surface area contributed by atoms with Gasteiger partial charge in [-0.15, -0.1) is 0 Å². The molecule has 4 rings (SSSR count). The number of ether oxygens (including phenoxy) is 6. The van der Waals surface area contributed by atoms with E-state index in [4.69, 9.17) is 38.6 Å². The zero-order valence-corrected chi connectivity index (χ0v) is 27.6. The fourth-order valence-electron chi connectivity index (χ4n) is 3.51. The van der Waals surface area contributed by atoms with E-state index in [-0.39, 0.29) is 57.0 Å². The monoisotopic (exact) mass is 670 g/mol. The van der Waals surface area contributed by atoms with Crippen molar-refractivity contribution in [3.63, 3.8) is 0 Å². The maximum absolute atomic E-state index is 11.3. The standard InChI is InChI=1S/2C16H16O6.Zn/c2*1-20-11-2-4-12(5-3-11)21-8-9-22-13-6-7-15(17)14(10-13)16(18)19;/h2*2-7,10,17H,8-9H2,1H3,(H,18,19);/q;;+2/p-2. The largest absolute Gasteiger partial charge is 2.00 e. The Labute approximate surface area is 272 Å². The number of hydrogen-bond donors (Lipinski definition) is 2. The molecule has 0 aliphatic rings. The molecular formula is C32H30O12Zn. The normalized spacial score (nSPS) is 9.82. The van der Waals surface area contributed by atoms with Crippen molar-refractivity contribution in [3.05, 3.63) is 96.1 Å². The van der Waals surface area contributed by atoms with Crippen LogP contribution in [0.1, 0.15) is 20.7 Å². The second-order valence-electron chi connectivity index (χ2n) is 8.67. The minimum atomic E-state index is -1.27. The number of hydrogen-bond acceptors (Lipinski definition) is 10. The summed E-state index contributed by atoms with van der Waals surface area (Å²) in [5, 5.41) is 40.3. The van der Waals surface area contributed by atoms with E-state index >= 15 is 0 Å². The number of carbonyl (C=O) groups is 2. The van der Waals surface area contributed by atoms with Gasteiger partial charge in [0.25, 0.3) is 0 Å². The summed E-state index contributed by atoms with van der Waals surface area (Å²) >= 11 is 0. The smallest absolute Gasteiger partial charge is 0.872 e. The average molecular weight is 672 g/mol. The molecule has 0 aliphatic carbocycles. The summed E-state index contributed by atoms with van der Waals surface area (Å²) in [6.45, 7) is 1.02. The summed E-state index contributed by atoms with van der Waals surface area (Å²) in [4.78, 5) is 21.7. The number of carboxylic acid groups (broad SMARTS) is 2. The summed E-state index contributed by atoms with van der Waals surface area (Å²) in [5.74, 6) is -0.190. The SMILES string of the molecule is COc1ccc(OCCOc2ccc([O-])c(C(=O)O)c2)cc1.COc1ccc(OCCOc2ccc([O-])c(C(=O)O)c2)cc1.[Zn+2]. The van der Waals surface area contributed by atoms with Gasteiger partial charge in [-0.2, -0.15) is 0 Å². The van der Waals surface area contributed by atoms with E-state index in [0.717, 1.165) is 11.5 Å². The van der Waals surface area contributed by atoms with Crippen LogP contribution in [0.3, 0.4) is 0 Å². The molecule has 0 heterocycles. The van der Waals surface area contributed by atoms with Crippen LogP contribution in [0.4, 0.5) is 0 Å². The van der Waals surface area contributed by atoms with Crippen molar-refractivity contribution >= 4 is 11.9 Å². The van der Waals surface area contributed by atoms with E-state index in [1.807, 2.05) is 0 Å². The molecule has 0 amide bonds. The van der Waals surface area contributed by atoms with Crippen LogP contribution in [0.5, 0.6) is 46.0 Å². The summed E-state index contributed by atoms with van der Waals surface area (Å²) < 4.78 is 31.8. The first kappa shape index (κ1) is 36.0. The van der Waals surface area contributed by atoms with Crippen LogP contribution in [-0.4, -0.2) is 62.8 Å².